The number of rotatable bonds is 6. The fourth-order valence-electron chi connectivity index (χ4n) is 5.08. The van der Waals surface area contributed by atoms with Crippen LogP contribution >= 0.6 is 11.8 Å². The number of carbonyl (C=O) groups excluding carboxylic acids is 1. The van der Waals surface area contributed by atoms with Gasteiger partial charge in [-0.25, -0.2) is 13.2 Å². The summed E-state index contributed by atoms with van der Waals surface area (Å²) in [6.45, 7) is 6.22. The smallest absolute Gasteiger partial charge is 0.353 e. The molecule has 10 nitrogen and oxygen atoms in total. The van der Waals surface area contributed by atoms with Crippen LogP contribution in [0.5, 0.6) is 0 Å². The Bertz CT molecular complexity index is 978. The summed E-state index contributed by atoms with van der Waals surface area (Å²) in [5.74, 6) is -1.76. The first-order valence-corrected chi connectivity index (χ1v) is 13.1. The molecule has 0 saturated carbocycles. The molecule has 12 heteroatoms. The first-order chi connectivity index (χ1) is 14.4. The highest BCUT2D eigenvalue weighted by Crippen LogP contribution is 2.51. The molecule has 1 unspecified atom stereocenters. The average Bonchev–Trinajstić information content (AvgIpc) is 3.31. The van der Waals surface area contributed by atoms with Crippen molar-refractivity contribution in [3.8, 4) is 0 Å². The molecule has 0 spiro atoms. The molecule has 3 N–H and O–H groups in total. The van der Waals surface area contributed by atoms with Crippen LogP contribution in [0.15, 0.2) is 15.6 Å². The number of aliphatic hydroxyl groups is 1. The molecule has 4 heterocycles. The van der Waals surface area contributed by atoms with Gasteiger partial charge >= 0.3 is 5.97 Å². The number of carboxylic acids is 1. The molecule has 0 aliphatic carbocycles. The predicted molar refractivity (Wildman–Crippen MR) is 116 cm³/mol. The number of β-lactam (4-membered cyclic amide) rings is 1. The van der Waals surface area contributed by atoms with E-state index in [2.05, 4.69) is 10.3 Å². The normalized spacial score (nSPS) is 36.5. The predicted octanol–water partition coefficient (Wildman–Crippen LogP) is -0.334. The number of fused-ring (bicyclic) bond motifs is 1. The fourth-order valence-corrected chi connectivity index (χ4v) is 7.56. The largest absolute Gasteiger partial charge is 0.477 e. The van der Waals surface area contributed by atoms with E-state index in [0.29, 0.717) is 30.3 Å². The second kappa shape index (κ2) is 7.75. The van der Waals surface area contributed by atoms with E-state index in [0.717, 1.165) is 0 Å². The molecular formula is C19H28N4O6S2. The molecule has 2 fully saturated rings. The van der Waals surface area contributed by atoms with E-state index >= 15 is 0 Å². The van der Waals surface area contributed by atoms with E-state index < -0.39 is 28.0 Å². The molecule has 0 aromatic rings. The molecule has 4 aliphatic rings. The van der Waals surface area contributed by atoms with E-state index in [1.165, 1.54) is 27.2 Å². The maximum Gasteiger partial charge on any atom is 0.353 e. The van der Waals surface area contributed by atoms with E-state index in [-0.39, 0.29) is 40.9 Å². The van der Waals surface area contributed by atoms with Crippen LogP contribution in [0, 0.1) is 11.8 Å². The van der Waals surface area contributed by atoms with Gasteiger partial charge in [-0.05, 0) is 20.3 Å². The van der Waals surface area contributed by atoms with Gasteiger partial charge in [0.1, 0.15) is 11.5 Å². The third kappa shape index (κ3) is 3.66. The summed E-state index contributed by atoms with van der Waals surface area (Å²) >= 11 is 1.43. The number of amidine groups is 1. The van der Waals surface area contributed by atoms with Crippen molar-refractivity contribution in [2.24, 2.45) is 16.8 Å². The highest BCUT2D eigenvalue weighted by Gasteiger charge is 2.60. The SMILES string of the molecule is CC1CN(S(C)(=O)=O)C([C@@H]2C[C@H](SC3=C(C(=O)O)N4C(=O)[C@@H]([C@@H](C)O)[C@H]4[C@H]3C)CN2)=N1. The van der Waals surface area contributed by atoms with Gasteiger partial charge in [-0.3, -0.25) is 14.1 Å². The Hall–Kier alpha value is -1.63. The number of carbonyl (C=O) groups is 2. The lowest BCUT2D eigenvalue weighted by atomic mass is 9.79. The average molecular weight is 473 g/mol. The fraction of sp³-hybridized carbons (Fsp3) is 0.737. The van der Waals surface area contributed by atoms with Crippen LogP contribution in [0.25, 0.3) is 0 Å². The summed E-state index contributed by atoms with van der Waals surface area (Å²) < 4.78 is 25.6. The number of aliphatic hydroxyl groups excluding tert-OH is 1. The Morgan fingerprint density at radius 3 is 2.61 bits per heavy atom. The number of carboxylic acid groups (broad SMARTS) is 1. The van der Waals surface area contributed by atoms with Crippen LogP contribution in [-0.4, -0.2) is 94.4 Å². The van der Waals surface area contributed by atoms with Gasteiger partial charge in [0.2, 0.25) is 15.9 Å². The molecule has 4 aliphatic heterocycles. The van der Waals surface area contributed by atoms with Crippen LogP contribution in [-0.2, 0) is 19.6 Å². The minimum atomic E-state index is -3.42. The van der Waals surface area contributed by atoms with Crippen molar-refractivity contribution < 1.29 is 28.2 Å². The lowest BCUT2D eigenvalue weighted by molar-refractivity contribution is -0.163. The topological polar surface area (TPSA) is 140 Å². The van der Waals surface area contributed by atoms with Crippen molar-refractivity contribution in [1.82, 2.24) is 14.5 Å². The molecular weight excluding hydrogens is 444 g/mol. The molecule has 0 radical (unpaired) electrons. The summed E-state index contributed by atoms with van der Waals surface area (Å²) in [6, 6.07) is -0.681. The molecule has 31 heavy (non-hydrogen) atoms. The summed E-state index contributed by atoms with van der Waals surface area (Å²) in [5, 5.41) is 23.1. The molecule has 0 bridgehead atoms. The highest BCUT2D eigenvalue weighted by atomic mass is 32.2. The van der Waals surface area contributed by atoms with Crippen LogP contribution in [0.3, 0.4) is 0 Å². The lowest BCUT2D eigenvalue weighted by Gasteiger charge is -2.46. The van der Waals surface area contributed by atoms with Crippen LogP contribution in [0.4, 0.5) is 0 Å². The molecule has 0 aromatic carbocycles. The minimum Gasteiger partial charge on any atom is -0.477 e. The van der Waals surface area contributed by atoms with Gasteiger partial charge in [0.05, 0.1) is 42.9 Å². The number of aliphatic imine (C=N–C) groups is 1. The number of sulfonamides is 1. The number of aliphatic carboxylic acids is 1. The van der Waals surface area contributed by atoms with Gasteiger partial charge in [0, 0.05) is 22.6 Å². The summed E-state index contributed by atoms with van der Waals surface area (Å²) in [4.78, 5) is 30.9. The minimum absolute atomic E-state index is 0.00983. The zero-order valence-corrected chi connectivity index (χ0v) is 19.5. The number of hydrogen-bond donors (Lipinski definition) is 3. The van der Waals surface area contributed by atoms with Crippen molar-refractivity contribution in [3.63, 3.8) is 0 Å². The van der Waals surface area contributed by atoms with Gasteiger partial charge in [0.25, 0.3) is 0 Å². The maximum atomic E-state index is 12.5. The highest BCUT2D eigenvalue weighted by molar-refractivity contribution is 8.03. The number of nitrogens with zero attached hydrogens (tertiary/aromatic N) is 3. The number of nitrogens with one attached hydrogen (secondary N) is 1. The molecule has 4 rings (SSSR count). The van der Waals surface area contributed by atoms with E-state index in [9.17, 15) is 28.2 Å². The first-order valence-electron chi connectivity index (χ1n) is 10.4. The Balaban J connectivity index is 1.52. The third-order valence-electron chi connectivity index (χ3n) is 6.45. The van der Waals surface area contributed by atoms with Crippen molar-refractivity contribution in [3.05, 3.63) is 10.6 Å². The number of hydrogen-bond acceptors (Lipinski definition) is 8. The zero-order chi connectivity index (χ0) is 22.8. The van der Waals surface area contributed by atoms with Crippen LogP contribution in [0.1, 0.15) is 27.2 Å². The Morgan fingerprint density at radius 2 is 2.03 bits per heavy atom. The van der Waals surface area contributed by atoms with E-state index in [4.69, 9.17) is 0 Å². The molecule has 2 saturated heterocycles. The third-order valence-corrected chi connectivity index (χ3v) is 9.09. The lowest BCUT2D eigenvalue weighted by Crippen LogP contribution is -2.63. The molecule has 7 atom stereocenters. The molecule has 172 valence electrons. The van der Waals surface area contributed by atoms with E-state index in [1.807, 2.05) is 13.8 Å². The van der Waals surface area contributed by atoms with Crippen LogP contribution in [0.2, 0.25) is 0 Å². The first kappa shape index (κ1) is 22.6. The molecule has 1 amide bonds. The standard InChI is InChI=1S/C19H28N4O6S2/c1-8-7-22(31(4,28)29)17(21-8)12-5-11(6-20-12)30-16-9(2)14-13(10(3)24)18(25)23(14)15(16)19(26)27/h8-14,20,24H,5-7H2,1-4H3,(H,26,27)/t8?,9-,10-,11+,12+,13+,14-/m1/s1. The van der Waals surface area contributed by atoms with E-state index in [1.54, 1.807) is 6.92 Å². The van der Waals surface area contributed by atoms with Gasteiger partial charge in [-0.2, -0.15) is 0 Å². The van der Waals surface area contributed by atoms with Gasteiger partial charge in [-0.15, -0.1) is 11.8 Å². The van der Waals surface area contributed by atoms with Gasteiger partial charge in [0.15, 0.2) is 0 Å². The second-order valence-corrected chi connectivity index (χ2v) is 12.1. The monoisotopic (exact) mass is 472 g/mol. The maximum absolute atomic E-state index is 12.5. The quantitative estimate of drug-likeness (QED) is 0.447. The zero-order valence-electron chi connectivity index (χ0n) is 17.8. The van der Waals surface area contributed by atoms with Gasteiger partial charge < -0.3 is 20.4 Å². The summed E-state index contributed by atoms with van der Waals surface area (Å²) in [5.41, 5.74) is 0.0115. The number of amides is 1. The second-order valence-electron chi connectivity index (χ2n) is 8.84. The molecule has 0 aromatic heterocycles. The van der Waals surface area contributed by atoms with Gasteiger partial charge in [-0.1, -0.05) is 6.92 Å². The Labute approximate surface area is 185 Å². The van der Waals surface area contributed by atoms with Crippen molar-refractivity contribution in [1.29, 1.82) is 0 Å². The summed E-state index contributed by atoms with van der Waals surface area (Å²) in [6.07, 6.45) is 0.938. The Morgan fingerprint density at radius 1 is 1.35 bits per heavy atom. The van der Waals surface area contributed by atoms with Crippen LogP contribution < -0.4 is 5.32 Å². The van der Waals surface area contributed by atoms with Crippen molar-refractivity contribution >= 4 is 39.5 Å². The van der Waals surface area contributed by atoms with Crippen molar-refractivity contribution in [2.75, 3.05) is 19.3 Å². The van der Waals surface area contributed by atoms with Crippen molar-refractivity contribution in [2.45, 2.75) is 56.7 Å². The summed E-state index contributed by atoms with van der Waals surface area (Å²) in [7, 11) is -3.42. The Kier molecular flexibility index (Phi) is 5.64. The number of thioether (sulfide) groups is 1.